The van der Waals surface area contributed by atoms with Gasteiger partial charge in [-0.05, 0) is 62.0 Å². The molecule has 0 bridgehead atoms. The fourth-order valence-corrected chi connectivity index (χ4v) is 5.69. The van der Waals surface area contributed by atoms with Crippen molar-refractivity contribution in [1.82, 2.24) is 4.90 Å². The lowest BCUT2D eigenvalue weighted by atomic mass is 9.72. The summed E-state index contributed by atoms with van der Waals surface area (Å²) in [5.74, 6) is -0.657. The predicted octanol–water partition coefficient (Wildman–Crippen LogP) is 6.10. The molecule has 1 unspecified atom stereocenters. The van der Waals surface area contributed by atoms with Crippen molar-refractivity contribution in [3.8, 4) is 0 Å². The Morgan fingerprint density at radius 1 is 1.27 bits per heavy atom. The van der Waals surface area contributed by atoms with Crippen LogP contribution in [0.1, 0.15) is 58.4 Å². The van der Waals surface area contributed by atoms with Crippen molar-refractivity contribution in [2.45, 2.75) is 58.9 Å². The number of benzene rings is 1. The lowest BCUT2D eigenvalue weighted by molar-refractivity contribution is -0.146. The highest BCUT2D eigenvalue weighted by atomic mass is 19.1. The van der Waals surface area contributed by atoms with Crippen LogP contribution < -0.4 is 0 Å². The van der Waals surface area contributed by atoms with Crippen LogP contribution in [0, 0.1) is 34.8 Å². The highest BCUT2D eigenvalue weighted by molar-refractivity contribution is 5.84. The van der Waals surface area contributed by atoms with Crippen LogP contribution in [0.3, 0.4) is 0 Å². The van der Waals surface area contributed by atoms with Gasteiger partial charge in [0.2, 0.25) is 5.91 Å². The Morgan fingerprint density at radius 3 is 2.58 bits per heavy atom. The SMILES string of the molecule is C/N=N\C(=C/C(C)[C@H]1CC[C@](C(=O)N2CCC[C@H]2COC)(C(C)C)C1)c1c(F)cccc1F. The number of allylic oxidation sites excluding steroid dienone is 1. The Labute approximate surface area is 196 Å². The molecule has 4 atom stereocenters. The van der Waals surface area contributed by atoms with Crippen molar-refractivity contribution in [2.75, 3.05) is 27.3 Å². The lowest BCUT2D eigenvalue weighted by Gasteiger charge is -2.38. The Kier molecular flexibility index (Phi) is 8.38. The fourth-order valence-electron chi connectivity index (χ4n) is 5.69. The molecule has 0 N–H and O–H groups in total. The summed E-state index contributed by atoms with van der Waals surface area (Å²) in [6.45, 7) is 7.66. The van der Waals surface area contributed by atoms with Crippen molar-refractivity contribution in [3.05, 3.63) is 41.5 Å². The molecule has 1 aromatic carbocycles. The number of ether oxygens (including phenoxy) is 1. The molecule has 1 saturated heterocycles. The van der Waals surface area contributed by atoms with Gasteiger partial charge in [0.15, 0.2) is 0 Å². The van der Waals surface area contributed by atoms with Gasteiger partial charge in [0, 0.05) is 20.7 Å². The molecule has 2 fully saturated rings. The summed E-state index contributed by atoms with van der Waals surface area (Å²) in [6.07, 6.45) is 6.27. The molecule has 0 radical (unpaired) electrons. The van der Waals surface area contributed by atoms with Crippen LogP contribution in [0.25, 0.3) is 5.70 Å². The van der Waals surface area contributed by atoms with E-state index in [-0.39, 0.29) is 41.0 Å². The molecule has 7 heteroatoms. The number of rotatable bonds is 8. The molecule has 1 aliphatic carbocycles. The number of carbonyl (C=O) groups excluding carboxylic acids is 1. The number of hydrogen-bond acceptors (Lipinski definition) is 4. The van der Waals surface area contributed by atoms with Gasteiger partial charge in [0.05, 0.1) is 29.3 Å². The second-order valence-corrected chi connectivity index (χ2v) is 9.87. The van der Waals surface area contributed by atoms with Crippen molar-refractivity contribution in [1.29, 1.82) is 0 Å². The van der Waals surface area contributed by atoms with E-state index in [1.807, 2.05) is 17.9 Å². The van der Waals surface area contributed by atoms with Gasteiger partial charge in [0.1, 0.15) is 11.6 Å². The zero-order chi connectivity index (χ0) is 24.2. The first kappa shape index (κ1) is 25.5. The zero-order valence-electron chi connectivity index (χ0n) is 20.5. The molecule has 1 saturated carbocycles. The highest BCUT2D eigenvalue weighted by Gasteiger charge is 2.51. The monoisotopic (exact) mass is 461 g/mol. The molecule has 1 heterocycles. The maximum Gasteiger partial charge on any atom is 0.229 e. The van der Waals surface area contributed by atoms with Crippen molar-refractivity contribution < 1.29 is 18.3 Å². The summed E-state index contributed by atoms with van der Waals surface area (Å²) >= 11 is 0. The summed E-state index contributed by atoms with van der Waals surface area (Å²) in [5.41, 5.74) is -0.369. The predicted molar refractivity (Wildman–Crippen MR) is 126 cm³/mol. The van der Waals surface area contributed by atoms with Crippen LogP contribution in [0.15, 0.2) is 34.5 Å². The van der Waals surface area contributed by atoms with Crippen LogP contribution in [-0.4, -0.2) is 44.2 Å². The van der Waals surface area contributed by atoms with Crippen molar-refractivity contribution >= 4 is 11.6 Å². The molecule has 0 spiro atoms. The number of likely N-dealkylation sites (tertiary alicyclic amines) is 1. The first-order valence-electron chi connectivity index (χ1n) is 12.0. The highest BCUT2D eigenvalue weighted by Crippen LogP contribution is 2.51. The van der Waals surface area contributed by atoms with Gasteiger partial charge in [-0.25, -0.2) is 8.78 Å². The largest absolute Gasteiger partial charge is 0.383 e. The van der Waals surface area contributed by atoms with Gasteiger partial charge in [-0.3, -0.25) is 4.79 Å². The second kappa shape index (κ2) is 10.9. The van der Waals surface area contributed by atoms with Crippen molar-refractivity contribution in [3.63, 3.8) is 0 Å². The Balaban J connectivity index is 1.85. The molecule has 3 rings (SSSR count). The van der Waals surface area contributed by atoms with Gasteiger partial charge in [0.25, 0.3) is 0 Å². The topological polar surface area (TPSA) is 54.3 Å². The smallest absolute Gasteiger partial charge is 0.229 e. The van der Waals surface area contributed by atoms with Crippen LogP contribution in [0.4, 0.5) is 8.78 Å². The first-order chi connectivity index (χ1) is 15.7. The molecule has 1 aromatic rings. The number of methoxy groups -OCH3 is 1. The molecule has 1 amide bonds. The Morgan fingerprint density at radius 2 is 1.97 bits per heavy atom. The van der Waals surface area contributed by atoms with Crippen LogP contribution in [0.2, 0.25) is 0 Å². The average Bonchev–Trinajstić information content (AvgIpc) is 3.42. The first-order valence-corrected chi connectivity index (χ1v) is 12.0. The minimum absolute atomic E-state index is 0.00807. The number of halogens is 2. The van der Waals surface area contributed by atoms with Crippen molar-refractivity contribution in [2.24, 2.45) is 33.4 Å². The summed E-state index contributed by atoms with van der Waals surface area (Å²) in [6, 6.07) is 3.95. The number of hydrogen-bond donors (Lipinski definition) is 0. The van der Waals surface area contributed by atoms with Gasteiger partial charge < -0.3 is 9.64 Å². The van der Waals surface area contributed by atoms with E-state index in [1.165, 1.54) is 25.2 Å². The maximum atomic E-state index is 14.4. The minimum atomic E-state index is -0.655. The van der Waals surface area contributed by atoms with Crippen LogP contribution in [0.5, 0.6) is 0 Å². The molecule has 2 aliphatic rings. The number of amides is 1. The standard InChI is InChI=1S/C26H37F2N3O2/c1-17(2)26(25(32)31-13-7-8-20(31)16-33-5)12-11-19(15-26)18(3)14-23(30-29-4)24-21(27)9-6-10-22(24)28/h6,9-10,14,17-20H,7-8,11-13,15-16H2,1-5H3/b23-14-,30-29-/t18?,19-,20-,26+/m0/s1. The third kappa shape index (κ3) is 5.18. The van der Waals surface area contributed by atoms with E-state index >= 15 is 0 Å². The van der Waals surface area contributed by atoms with E-state index < -0.39 is 17.0 Å². The second-order valence-electron chi connectivity index (χ2n) is 9.87. The average molecular weight is 462 g/mol. The summed E-state index contributed by atoms with van der Waals surface area (Å²) < 4.78 is 34.2. The number of azo groups is 1. The summed E-state index contributed by atoms with van der Waals surface area (Å²) in [5, 5.41) is 7.83. The molecule has 182 valence electrons. The molecule has 5 nitrogen and oxygen atoms in total. The molecule has 33 heavy (non-hydrogen) atoms. The molecular formula is C26H37F2N3O2. The third-order valence-electron chi connectivity index (χ3n) is 7.71. The molecule has 0 aromatic heterocycles. The van der Waals surface area contributed by atoms with Crippen LogP contribution >= 0.6 is 0 Å². The molecular weight excluding hydrogens is 424 g/mol. The van der Waals surface area contributed by atoms with Crippen LogP contribution in [-0.2, 0) is 9.53 Å². The van der Waals surface area contributed by atoms with E-state index in [2.05, 4.69) is 24.1 Å². The normalized spacial score (nSPS) is 27.2. The van der Waals surface area contributed by atoms with E-state index in [0.29, 0.717) is 6.61 Å². The van der Waals surface area contributed by atoms with E-state index in [4.69, 9.17) is 4.74 Å². The fraction of sp³-hybridized carbons (Fsp3) is 0.654. The van der Waals surface area contributed by atoms with Gasteiger partial charge in [-0.15, -0.1) is 0 Å². The third-order valence-corrected chi connectivity index (χ3v) is 7.71. The van der Waals surface area contributed by atoms with E-state index in [1.54, 1.807) is 7.11 Å². The Bertz CT molecular complexity index is 881. The number of nitrogens with zero attached hydrogens (tertiary/aromatic N) is 3. The van der Waals surface area contributed by atoms with Gasteiger partial charge in [-0.1, -0.05) is 32.9 Å². The number of carbonyl (C=O) groups is 1. The molecule has 1 aliphatic heterocycles. The maximum absolute atomic E-state index is 14.4. The summed E-state index contributed by atoms with van der Waals surface area (Å²) in [7, 11) is 3.17. The quantitative estimate of drug-likeness (QED) is 0.439. The van der Waals surface area contributed by atoms with E-state index in [9.17, 15) is 13.6 Å². The van der Waals surface area contributed by atoms with Gasteiger partial charge >= 0.3 is 0 Å². The summed E-state index contributed by atoms with van der Waals surface area (Å²) in [4.78, 5) is 15.9. The Hall–Kier alpha value is -2.15. The van der Waals surface area contributed by atoms with E-state index in [0.717, 1.165) is 38.6 Å². The van der Waals surface area contributed by atoms with Gasteiger partial charge in [-0.2, -0.15) is 10.2 Å². The minimum Gasteiger partial charge on any atom is -0.383 e. The zero-order valence-corrected chi connectivity index (χ0v) is 20.5. The lowest BCUT2D eigenvalue weighted by Crippen LogP contribution is -2.48.